The molecule has 0 saturated heterocycles. The fourth-order valence-corrected chi connectivity index (χ4v) is 1.71. The second kappa shape index (κ2) is 7.49. The van der Waals surface area contributed by atoms with E-state index in [0.29, 0.717) is 17.7 Å². The van der Waals surface area contributed by atoms with Crippen LogP contribution < -0.4 is 4.74 Å². The lowest BCUT2D eigenvalue weighted by Gasteiger charge is -2.06. The zero-order chi connectivity index (χ0) is 15.1. The molecule has 108 valence electrons. The number of carbonyl (C=O) groups excluding carboxylic acids is 1. The fraction of sp³-hybridized carbons (Fsp3) is 0.308. The highest BCUT2D eigenvalue weighted by Gasteiger charge is 2.12. The summed E-state index contributed by atoms with van der Waals surface area (Å²) in [6.45, 7) is 1.97. The highest BCUT2D eigenvalue weighted by Crippen LogP contribution is 2.28. The van der Waals surface area contributed by atoms with Gasteiger partial charge >= 0.3 is 5.97 Å². The molecule has 0 fully saturated rings. The number of methoxy groups -OCH3 is 1. The van der Waals surface area contributed by atoms with Gasteiger partial charge in [-0.1, -0.05) is 18.5 Å². The minimum Gasteiger partial charge on any atom is -0.489 e. The van der Waals surface area contributed by atoms with Crippen LogP contribution in [0.3, 0.4) is 0 Å². The van der Waals surface area contributed by atoms with Crippen molar-refractivity contribution < 1.29 is 19.2 Å². The Labute approximate surface area is 121 Å². The van der Waals surface area contributed by atoms with Crippen LogP contribution in [-0.4, -0.2) is 24.6 Å². The van der Waals surface area contributed by atoms with Crippen molar-refractivity contribution in [1.29, 1.82) is 0 Å². The number of nitrogens with zero attached hydrogens (tertiary/aromatic N) is 1. The first-order valence-electron chi connectivity index (χ1n) is 5.83. The van der Waals surface area contributed by atoms with Gasteiger partial charge < -0.3 is 9.47 Å². The Morgan fingerprint density at radius 2 is 2.20 bits per heavy atom. The van der Waals surface area contributed by atoms with E-state index < -0.39 is 10.9 Å². The fourth-order valence-electron chi connectivity index (χ4n) is 1.47. The van der Waals surface area contributed by atoms with Gasteiger partial charge in [0.15, 0.2) is 0 Å². The average Bonchev–Trinajstić information content (AvgIpc) is 2.42. The monoisotopic (exact) mass is 299 g/mol. The van der Waals surface area contributed by atoms with E-state index in [1.165, 1.54) is 25.3 Å². The van der Waals surface area contributed by atoms with E-state index in [1.807, 2.05) is 6.92 Å². The summed E-state index contributed by atoms with van der Waals surface area (Å²) in [5.41, 5.74) is 0.318. The number of halogens is 1. The lowest BCUT2D eigenvalue weighted by Crippen LogP contribution is -2.06. The Kier molecular flexibility index (Phi) is 5.99. The molecule has 0 heterocycles. The summed E-state index contributed by atoms with van der Waals surface area (Å²) < 4.78 is 9.97. The van der Waals surface area contributed by atoms with Gasteiger partial charge in [0.25, 0.3) is 5.69 Å². The normalized spacial score (nSPS) is 11.1. The van der Waals surface area contributed by atoms with Gasteiger partial charge in [-0.25, -0.2) is 4.79 Å². The van der Waals surface area contributed by atoms with E-state index in [2.05, 4.69) is 4.74 Å². The molecule has 1 rings (SSSR count). The quantitative estimate of drug-likeness (QED) is 0.349. The zero-order valence-corrected chi connectivity index (χ0v) is 11.8. The number of esters is 1. The maximum absolute atomic E-state index is 11.3. The van der Waals surface area contributed by atoms with Crippen LogP contribution >= 0.6 is 11.6 Å². The van der Waals surface area contributed by atoms with Gasteiger partial charge in [0.1, 0.15) is 17.4 Å². The molecule has 7 heteroatoms. The number of hydrogen-bond donors (Lipinski definition) is 0. The molecule has 0 atom stereocenters. The van der Waals surface area contributed by atoms with E-state index in [1.54, 1.807) is 6.08 Å². The average molecular weight is 300 g/mol. The number of ether oxygens (including phenoxy) is 2. The standard InChI is InChI=1S/C13H14ClNO5/c1-3-9(13(16)19-2)6-7-20-10-4-5-12(15(17)18)11(14)8-10/h4-6,8H,3,7H2,1-2H3. The molecule has 6 nitrogen and oxygen atoms in total. The summed E-state index contributed by atoms with van der Waals surface area (Å²) in [6, 6.07) is 4.07. The number of rotatable bonds is 6. The summed E-state index contributed by atoms with van der Waals surface area (Å²) >= 11 is 5.75. The van der Waals surface area contributed by atoms with E-state index in [0.717, 1.165) is 0 Å². The molecule has 0 aromatic heterocycles. The van der Waals surface area contributed by atoms with Crippen molar-refractivity contribution in [2.45, 2.75) is 13.3 Å². The van der Waals surface area contributed by atoms with Crippen molar-refractivity contribution in [2.75, 3.05) is 13.7 Å². The molecule has 0 radical (unpaired) electrons. The third-order valence-corrected chi connectivity index (χ3v) is 2.83. The lowest BCUT2D eigenvalue weighted by molar-refractivity contribution is -0.384. The predicted octanol–water partition coefficient (Wildman–Crippen LogP) is 3.14. The molecule has 0 aliphatic rings. The Bertz CT molecular complexity index is 542. The molecular formula is C13H14ClNO5. The van der Waals surface area contributed by atoms with Crippen molar-refractivity contribution in [3.8, 4) is 5.75 Å². The van der Waals surface area contributed by atoms with Crippen LogP contribution in [0.4, 0.5) is 5.69 Å². The topological polar surface area (TPSA) is 78.7 Å². The molecular weight excluding hydrogens is 286 g/mol. The third-order valence-electron chi connectivity index (χ3n) is 2.52. The van der Waals surface area contributed by atoms with Crippen LogP contribution in [0.5, 0.6) is 5.75 Å². The minimum atomic E-state index is -0.571. The second-order valence-electron chi connectivity index (χ2n) is 3.76. The molecule has 0 amide bonds. The summed E-state index contributed by atoms with van der Waals surface area (Å²) in [5.74, 6) is -0.0185. The van der Waals surface area contributed by atoms with Crippen LogP contribution in [0.15, 0.2) is 29.8 Å². The van der Waals surface area contributed by atoms with Gasteiger partial charge in [-0.3, -0.25) is 10.1 Å². The molecule has 0 spiro atoms. The van der Waals surface area contributed by atoms with Crippen LogP contribution in [-0.2, 0) is 9.53 Å². The van der Waals surface area contributed by atoms with Crippen LogP contribution in [0.1, 0.15) is 13.3 Å². The van der Waals surface area contributed by atoms with Crippen molar-refractivity contribution >= 4 is 23.3 Å². The first-order valence-corrected chi connectivity index (χ1v) is 6.21. The zero-order valence-electron chi connectivity index (χ0n) is 11.1. The lowest BCUT2D eigenvalue weighted by atomic mass is 10.2. The van der Waals surface area contributed by atoms with Gasteiger partial charge in [0.2, 0.25) is 0 Å². The highest BCUT2D eigenvalue weighted by atomic mass is 35.5. The SMILES string of the molecule is CCC(=CCOc1ccc([N+](=O)[O-])c(Cl)c1)C(=O)OC. The number of nitro benzene ring substituents is 1. The summed E-state index contributed by atoms with van der Waals surface area (Å²) in [6.07, 6.45) is 2.12. The molecule has 1 aromatic carbocycles. The van der Waals surface area contributed by atoms with E-state index >= 15 is 0 Å². The number of hydrogen-bond acceptors (Lipinski definition) is 5. The largest absolute Gasteiger partial charge is 0.489 e. The van der Waals surface area contributed by atoms with E-state index in [9.17, 15) is 14.9 Å². The molecule has 0 unspecified atom stereocenters. The van der Waals surface area contributed by atoms with Gasteiger partial charge in [-0.05, 0) is 18.6 Å². The van der Waals surface area contributed by atoms with Gasteiger partial charge in [-0.2, -0.15) is 0 Å². The van der Waals surface area contributed by atoms with Gasteiger partial charge in [0.05, 0.1) is 12.0 Å². The number of nitro groups is 1. The van der Waals surface area contributed by atoms with Crippen LogP contribution in [0.2, 0.25) is 5.02 Å². The summed E-state index contributed by atoms with van der Waals surface area (Å²) in [4.78, 5) is 21.3. The second-order valence-corrected chi connectivity index (χ2v) is 4.16. The summed E-state index contributed by atoms with van der Waals surface area (Å²) in [5, 5.41) is 10.6. The first-order chi connectivity index (χ1) is 9.49. The van der Waals surface area contributed by atoms with Crippen molar-refractivity contribution in [2.24, 2.45) is 0 Å². The van der Waals surface area contributed by atoms with E-state index in [4.69, 9.17) is 16.3 Å². The summed E-state index contributed by atoms with van der Waals surface area (Å²) in [7, 11) is 1.31. The molecule has 0 N–H and O–H groups in total. The maximum atomic E-state index is 11.3. The molecule has 20 heavy (non-hydrogen) atoms. The first kappa shape index (κ1) is 16.0. The Balaban J connectivity index is 2.71. The van der Waals surface area contributed by atoms with Crippen molar-refractivity contribution in [1.82, 2.24) is 0 Å². The third kappa shape index (κ3) is 4.24. The highest BCUT2D eigenvalue weighted by molar-refractivity contribution is 6.32. The molecule has 0 aliphatic carbocycles. The Morgan fingerprint density at radius 3 is 2.70 bits per heavy atom. The van der Waals surface area contributed by atoms with Gasteiger partial charge in [0, 0.05) is 17.7 Å². The molecule has 0 aliphatic heterocycles. The smallest absolute Gasteiger partial charge is 0.333 e. The molecule has 0 saturated carbocycles. The Morgan fingerprint density at radius 1 is 1.50 bits per heavy atom. The Hall–Kier alpha value is -2.08. The van der Waals surface area contributed by atoms with E-state index in [-0.39, 0.29) is 17.3 Å². The molecule has 1 aromatic rings. The van der Waals surface area contributed by atoms with Crippen LogP contribution in [0.25, 0.3) is 0 Å². The van der Waals surface area contributed by atoms with Gasteiger partial charge in [-0.15, -0.1) is 0 Å². The van der Waals surface area contributed by atoms with Crippen LogP contribution in [0, 0.1) is 10.1 Å². The number of benzene rings is 1. The maximum Gasteiger partial charge on any atom is 0.333 e. The van der Waals surface area contributed by atoms with Crippen molar-refractivity contribution in [3.05, 3.63) is 45.0 Å². The molecule has 0 bridgehead atoms. The minimum absolute atomic E-state index is 0.000150. The van der Waals surface area contributed by atoms with Crippen molar-refractivity contribution in [3.63, 3.8) is 0 Å². The predicted molar refractivity (Wildman–Crippen MR) is 74.0 cm³/mol. The number of carbonyl (C=O) groups is 1.